The number of nitrogens with one attached hydrogen (secondary N) is 1. The Balaban J connectivity index is 1.73. The van der Waals surface area contributed by atoms with Crippen molar-refractivity contribution >= 4 is 11.6 Å². The number of amides is 1. The third-order valence-electron chi connectivity index (χ3n) is 2.73. The zero-order valence-corrected chi connectivity index (χ0v) is 11.0. The molecule has 1 amide bonds. The number of benzene rings is 2. The van der Waals surface area contributed by atoms with Gasteiger partial charge in [-0.15, -0.1) is 0 Å². The van der Waals surface area contributed by atoms with Crippen LogP contribution < -0.4 is 10.1 Å². The third kappa shape index (κ3) is 3.27. The number of carbonyl (C=O) groups excluding carboxylic acids is 1. The number of rotatable bonds is 4. The molecule has 1 heterocycles. The van der Waals surface area contributed by atoms with Crippen molar-refractivity contribution in [1.29, 1.82) is 0 Å². The first kappa shape index (κ1) is 12.9. The van der Waals surface area contributed by atoms with Gasteiger partial charge in [0.05, 0.1) is 6.20 Å². The van der Waals surface area contributed by atoms with E-state index in [9.17, 15) is 4.79 Å². The molecule has 21 heavy (non-hydrogen) atoms. The molecule has 0 radical (unpaired) electrons. The average molecular weight is 280 g/mol. The van der Waals surface area contributed by atoms with Crippen molar-refractivity contribution < 1.29 is 13.9 Å². The standard InChI is InChI=1S/C16H12N2O3/c19-16(15-10-17-11-20-15)18-12-5-4-8-14(9-12)21-13-6-2-1-3-7-13/h1-11H,(H,18,19). The van der Waals surface area contributed by atoms with Gasteiger partial charge < -0.3 is 14.5 Å². The smallest absolute Gasteiger partial charge is 0.293 e. The summed E-state index contributed by atoms with van der Waals surface area (Å²) in [4.78, 5) is 15.6. The van der Waals surface area contributed by atoms with Gasteiger partial charge in [0.1, 0.15) is 11.5 Å². The summed E-state index contributed by atoms with van der Waals surface area (Å²) in [5, 5.41) is 2.72. The predicted molar refractivity (Wildman–Crippen MR) is 77.4 cm³/mol. The van der Waals surface area contributed by atoms with Crippen LogP contribution >= 0.6 is 0 Å². The van der Waals surface area contributed by atoms with Crippen molar-refractivity contribution in [3.63, 3.8) is 0 Å². The SMILES string of the molecule is O=C(Nc1cccc(Oc2ccccc2)c1)c1cnco1. The number of ether oxygens (including phenoxy) is 1. The minimum atomic E-state index is -0.357. The second-order valence-electron chi connectivity index (χ2n) is 4.26. The van der Waals surface area contributed by atoms with Crippen LogP contribution in [-0.4, -0.2) is 10.9 Å². The average Bonchev–Trinajstić information content (AvgIpc) is 3.03. The maximum Gasteiger partial charge on any atom is 0.293 e. The summed E-state index contributed by atoms with van der Waals surface area (Å²) in [6, 6.07) is 16.6. The maximum absolute atomic E-state index is 11.9. The number of anilines is 1. The lowest BCUT2D eigenvalue weighted by Gasteiger charge is -2.08. The molecule has 3 aromatic rings. The van der Waals surface area contributed by atoms with E-state index in [-0.39, 0.29) is 11.7 Å². The third-order valence-corrected chi connectivity index (χ3v) is 2.73. The molecule has 3 rings (SSSR count). The molecule has 5 nitrogen and oxygen atoms in total. The largest absolute Gasteiger partial charge is 0.457 e. The lowest BCUT2D eigenvalue weighted by atomic mass is 10.3. The Bertz CT molecular complexity index is 724. The second-order valence-corrected chi connectivity index (χ2v) is 4.26. The van der Waals surface area contributed by atoms with Crippen LogP contribution in [0.2, 0.25) is 0 Å². The minimum Gasteiger partial charge on any atom is -0.457 e. The summed E-state index contributed by atoms with van der Waals surface area (Å²) >= 11 is 0. The summed E-state index contributed by atoms with van der Waals surface area (Å²) < 4.78 is 10.6. The van der Waals surface area contributed by atoms with Crippen LogP contribution in [0.15, 0.2) is 71.6 Å². The predicted octanol–water partition coefficient (Wildman–Crippen LogP) is 3.72. The fourth-order valence-electron chi connectivity index (χ4n) is 1.78. The maximum atomic E-state index is 11.9. The monoisotopic (exact) mass is 280 g/mol. The Morgan fingerprint density at radius 2 is 1.86 bits per heavy atom. The van der Waals surface area contributed by atoms with Gasteiger partial charge in [-0.2, -0.15) is 0 Å². The van der Waals surface area contributed by atoms with Gasteiger partial charge in [-0.1, -0.05) is 24.3 Å². The van der Waals surface area contributed by atoms with E-state index in [0.29, 0.717) is 11.4 Å². The van der Waals surface area contributed by atoms with Crippen molar-refractivity contribution in [3.05, 3.63) is 72.9 Å². The summed E-state index contributed by atoms with van der Waals surface area (Å²) in [5.41, 5.74) is 0.616. The molecule has 5 heteroatoms. The van der Waals surface area contributed by atoms with E-state index >= 15 is 0 Å². The number of carbonyl (C=O) groups is 1. The minimum absolute atomic E-state index is 0.157. The van der Waals surface area contributed by atoms with Gasteiger partial charge >= 0.3 is 0 Å². The van der Waals surface area contributed by atoms with Crippen LogP contribution in [0.5, 0.6) is 11.5 Å². The van der Waals surface area contributed by atoms with Gasteiger partial charge in [0.25, 0.3) is 5.91 Å². The van der Waals surface area contributed by atoms with Gasteiger partial charge in [-0.3, -0.25) is 4.79 Å². The van der Waals surface area contributed by atoms with Gasteiger partial charge in [-0.25, -0.2) is 4.98 Å². The first-order valence-corrected chi connectivity index (χ1v) is 6.34. The van der Waals surface area contributed by atoms with Crippen molar-refractivity contribution in [2.45, 2.75) is 0 Å². The van der Waals surface area contributed by atoms with Crippen molar-refractivity contribution in [2.24, 2.45) is 0 Å². The van der Waals surface area contributed by atoms with E-state index in [2.05, 4.69) is 10.3 Å². The Morgan fingerprint density at radius 1 is 1.05 bits per heavy atom. The lowest BCUT2D eigenvalue weighted by molar-refractivity contribution is 0.0996. The molecule has 0 saturated heterocycles. The number of hydrogen-bond acceptors (Lipinski definition) is 4. The van der Waals surface area contributed by atoms with Crippen LogP contribution in [0.3, 0.4) is 0 Å². The number of hydrogen-bond donors (Lipinski definition) is 1. The van der Waals surface area contributed by atoms with E-state index in [1.807, 2.05) is 36.4 Å². The van der Waals surface area contributed by atoms with E-state index in [4.69, 9.17) is 9.15 Å². The normalized spacial score (nSPS) is 10.1. The Labute approximate surface area is 121 Å². The fourth-order valence-corrected chi connectivity index (χ4v) is 1.78. The van der Waals surface area contributed by atoms with Crippen molar-refractivity contribution in [1.82, 2.24) is 4.98 Å². The molecule has 0 unspecified atom stereocenters. The van der Waals surface area contributed by atoms with E-state index < -0.39 is 0 Å². The van der Waals surface area contributed by atoms with Crippen LogP contribution in [-0.2, 0) is 0 Å². The summed E-state index contributed by atoms with van der Waals surface area (Å²) in [5.74, 6) is 1.17. The second kappa shape index (κ2) is 5.92. The van der Waals surface area contributed by atoms with Crippen molar-refractivity contribution in [2.75, 3.05) is 5.32 Å². The fraction of sp³-hybridized carbons (Fsp3) is 0. The van der Waals surface area contributed by atoms with E-state index in [0.717, 1.165) is 5.75 Å². The molecule has 0 aliphatic carbocycles. The molecule has 1 N–H and O–H groups in total. The highest BCUT2D eigenvalue weighted by molar-refractivity contribution is 6.02. The van der Waals surface area contributed by atoms with Crippen LogP contribution in [0.1, 0.15) is 10.6 Å². The van der Waals surface area contributed by atoms with Gasteiger partial charge in [0, 0.05) is 11.8 Å². The van der Waals surface area contributed by atoms with Gasteiger partial charge in [0.2, 0.25) is 5.76 Å². The summed E-state index contributed by atoms with van der Waals surface area (Å²) in [6.07, 6.45) is 2.57. The molecular weight excluding hydrogens is 268 g/mol. The molecule has 0 atom stereocenters. The quantitative estimate of drug-likeness (QED) is 0.791. The Kier molecular flexibility index (Phi) is 3.64. The molecule has 0 aliphatic heterocycles. The molecule has 2 aromatic carbocycles. The van der Waals surface area contributed by atoms with Crippen LogP contribution in [0, 0.1) is 0 Å². The van der Waals surface area contributed by atoms with Crippen LogP contribution in [0.25, 0.3) is 0 Å². The highest BCUT2D eigenvalue weighted by Crippen LogP contribution is 2.24. The highest BCUT2D eigenvalue weighted by Gasteiger charge is 2.09. The summed E-state index contributed by atoms with van der Waals surface area (Å²) in [6.45, 7) is 0. The number of oxazole rings is 1. The number of para-hydroxylation sites is 1. The summed E-state index contributed by atoms with van der Waals surface area (Å²) in [7, 11) is 0. The molecule has 0 fully saturated rings. The topological polar surface area (TPSA) is 64.4 Å². The molecule has 0 saturated carbocycles. The van der Waals surface area contributed by atoms with Gasteiger partial charge in [0.15, 0.2) is 6.39 Å². The molecule has 0 bridgehead atoms. The van der Waals surface area contributed by atoms with E-state index in [1.54, 1.807) is 18.2 Å². The van der Waals surface area contributed by atoms with Crippen LogP contribution in [0.4, 0.5) is 5.69 Å². The zero-order valence-electron chi connectivity index (χ0n) is 11.0. The number of nitrogens with zero attached hydrogens (tertiary/aromatic N) is 1. The Morgan fingerprint density at radius 3 is 2.62 bits per heavy atom. The lowest BCUT2D eigenvalue weighted by Crippen LogP contribution is -2.10. The molecule has 0 spiro atoms. The zero-order chi connectivity index (χ0) is 14.5. The first-order valence-electron chi connectivity index (χ1n) is 6.34. The van der Waals surface area contributed by atoms with E-state index in [1.165, 1.54) is 12.6 Å². The molecule has 0 aliphatic rings. The Hall–Kier alpha value is -3.08. The molecule has 104 valence electrons. The number of aromatic nitrogens is 1. The molecular formula is C16H12N2O3. The highest BCUT2D eigenvalue weighted by atomic mass is 16.5. The molecule has 1 aromatic heterocycles. The first-order chi connectivity index (χ1) is 10.3. The van der Waals surface area contributed by atoms with Crippen molar-refractivity contribution in [3.8, 4) is 11.5 Å². The van der Waals surface area contributed by atoms with Gasteiger partial charge in [-0.05, 0) is 24.3 Å².